The molecule has 0 aliphatic carbocycles. The highest BCUT2D eigenvalue weighted by molar-refractivity contribution is 5.89. The summed E-state index contributed by atoms with van der Waals surface area (Å²) in [7, 11) is 0. The zero-order chi connectivity index (χ0) is 10.1. The number of hydrogen-bond donors (Lipinski definition) is 0. The summed E-state index contributed by atoms with van der Waals surface area (Å²) in [6.45, 7) is 0. The largest absolute Gasteiger partial charge is 0.298 e. The first-order valence-corrected chi connectivity index (χ1v) is 4.05. The minimum absolute atomic E-state index is 0.134. The van der Waals surface area contributed by atoms with Crippen LogP contribution in [-0.4, -0.2) is 6.29 Å². The van der Waals surface area contributed by atoms with Gasteiger partial charge in [0.1, 0.15) is 17.9 Å². The molecular formula is C11H6F2O. The molecule has 0 atom stereocenters. The summed E-state index contributed by atoms with van der Waals surface area (Å²) < 4.78 is 26.3. The third-order valence-corrected chi connectivity index (χ3v) is 2.07. The molecule has 0 saturated carbocycles. The molecule has 0 spiro atoms. The SMILES string of the molecule is O=Cc1ccc2c(F)ccc(F)c2c1. The number of carbonyl (C=O) groups is 1. The smallest absolute Gasteiger partial charge is 0.150 e. The normalized spacial score (nSPS) is 10.4. The molecule has 70 valence electrons. The van der Waals surface area contributed by atoms with Gasteiger partial charge in [-0.1, -0.05) is 12.1 Å². The van der Waals surface area contributed by atoms with Gasteiger partial charge in [-0.25, -0.2) is 8.78 Å². The summed E-state index contributed by atoms with van der Waals surface area (Å²) in [4.78, 5) is 10.4. The van der Waals surface area contributed by atoms with Gasteiger partial charge in [0.2, 0.25) is 0 Å². The van der Waals surface area contributed by atoms with E-state index in [1.807, 2.05) is 0 Å². The maximum atomic E-state index is 13.2. The van der Waals surface area contributed by atoms with Crippen LogP contribution in [0.1, 0.15) is 10.4 Å². The second kappa shape index (κ2) is 3.18. The first-order chi connectivity index (χ1) is 6.72. The average Bonchev–Trinajstić information content (AvgIpc) is 2.23. The van der Waals surface area contributed by atoms with E-state index in [-0.39, 0.29) is 10.8 Å². The molecule has 0 aromatic heterocycles. The van der Waals surface area contributed by atoms with Gasteiger partial charge in [-0.2, -0.15) is 0 Å². The van der Waals surface area contributed by atoms with Gasteiger partial charge < -0.3 is 0 Å². The van der Waals surface area contributed by atoms with E-state index in [2.05, 4.69) is 0 Å². The summed E-state index contributed by atoms with van der Waals surface area (Å²) >= 11 is 0. The average molecular weight is 192 g/mol. The molecule has 0 bridgehead atoms. The fraction of sp³-hybridized carbons (Fsp3) is 0. The highest BCUT2D eigenvalue weighted by atomic mass is 19.1. The van der Waals surface area contributed by atoms with E-state index in [0.717, 1.165) is 12.1 Å². The van der Waals surface area contributed by atoms with Crippen LogP contribution in [0.15, 0.2) is 30.3 Å². The second-order valence-corrected chi connectivity index (χ2v) is 2.95. The maximum absolute atomic E-state index is 13.2. The number of halogens is 2. The van der Waals surface area contributed by atoms with E-state index >= 15 is 0 Å². The fourth-order valence-corrected chi connectivity index (χ4v) is 1.37. The molecule has 0 fully saturated rings. The molecule has 0 aliphatic heterocycles. The van der Waals surface area contributed by atoms with Crippen molar-refractivity contribution in [2.75, 3.05) is 0 Å². The van der Waals surface area contributed by atoms with E-state index < -0.39 is 11.6 Å². The topological polar surface area (TPSA) is 17.1 Å². The Kier molecular flexibility index (Phi) is 2.00. The van der Waals surface area contributed by atoms with Gasteiger partial charge in [0.05, 0.1) is 0 Å². The predicted molar refractivity (Wildman–Crippen MR) is 49.3 cm³/mol. The summed E-state index contributed by atoms with van der Waals surface area (Å²) in [6, 6.07) is 6.31. The van der Waals surface area contributed by atoms with Gasteiger partial charge >= 0.3 is 0 Å². The number of fused-ring (bicyclic) bond motifs is 1. The van der Waals surface area contributed by atoms with Crippen molar-refractivity contribution >= 4 is 17.1 Å². The van der Waals surface area contributed by atoms with Crippen molar-refractivity contribution in [1.29, 1.82) is 0 Å². The zero-order valence-corrected chi connectivity index (χ0v) is 7.13. The molecule has 2 aromatic rings. The highest BCUT2D eigenvalue weighted by Crippen LogP contribution is 2.21. The summed E-state index contributed by atoms with van der Waals surface area (Å²) in [5.41, 5.74) is 0.335. The molecule has 0 N–H and O–H groups in total. The Morgan fingerprint density at radius 2 is 1.57 bits per heavy atom. The van der Waals surface area contributed by atoms with E-state index in [0.29, 0.717) is 11.8 Å². The number of rotatable bonds is 1. The Bertz CT molecular complexity index is 506. The maximum Gasteiger partial charge on any atom is 0.150 e. The Morgan fingerprint density at radius 3 is 2.21 bits per heavy atom. The van der Waals surface area contributed by atoms with E-state index in [1.54, 1.807) is 0 Å². The molecule has 0 heterocycles. The van der Waals surface area contributed by atoms with Crippen molar-refractivity contribution in [3.05, 3.63) is 47.5 Å². The van der Waals surface area contributed by atoms with Crippen molar-refractivity contribution in [2.24, 2.45) is 0 Å². The predicted octanol–water partition coefficient (Wildman–Crippen LogP) is 2.93. The molecule has 14 heavy (non-hydrogen) atoms. The van der Waals surface area contributed by atoms with E-state index in [9.17, 15) is 13.6 Å². The number of aldehydes is 1. The van der Waals surface area contributed by atoms with Gasteiger partial charge in [-0.3, -0.25) is 4.79 Å². The van der Waals surface area contributed by atoms with Crippen molar-refractivity contribution in [3.8, 4) is 0 Å². The standard InChI is InChI=1S/C11H6F2O/c12-10-3-4-11(13)9-5-7(6-14)1-2-8(9)10/h1-6H. The quantitative estimate of drug-likeness (QED) is 0.635. The molecular weight excluding hydrogens is 186 g/mol. The van der Waals surface area contributed by atoms with Crippen molar-refractivity contribution in [2.45, 2.75) is 0 Å². The van der Waals surface area contributed by atoms with Crippen LogP contribution in [0.5, 0.6) is 0 Å². The van der Waals surface area contributed by atoms with Crippen LogP contribution in [0.4, 0.5) is 8.78 Å². The number of hydrogen-bond acceptors (Lipinski definition) is 1. The first kappa shape index (κ1) is 8.81. The molecule has 0 unspecified atom stereocenters. The molecule has 0 radical (unpaired) electrons. The van der Waals surface area contributed by atoms with Gasteiger partial charge in [0, 0.05) is 16.3 Å². The van der Waals surface area contributed by atoms with Gasteiger partial charge in [0.25, 0.3) is 0 Å². The van der Waals surface area contributed by atoms with E-state index in [1.165, 1.54) is 18.2 Å². The molecule has 1 nitrogen and oxygen atoms in total. The third-order valence-electron chi connectivity index (χ3n) is 2.07. The van der Waals surface area contributed by atoms with Crippen LogP contribution in [0.25, 0.3) is 10.8 Å². The molecule has 3 heteroatoms. The first-order valence-electron chi connectivity index (χ1n) is 4.05. The summed E-state index contributed by atoms with van der Waals surface area (Å²) in [5.74, 6) is -1.01. The van der Waals surface area contributed by atoms with Gasteiger partial charge in [-0.05, 0) is 18.2 Å². The minimum atomic E-state index is -0.523. The van der Waals surface area contributed by atoms with Crippen LogP contribution >= 0.6 is 0 Å². The number of benzene rings is 2. The minimum Gasteiger partial charge on any atom is -0.298 e. The lowest BCUT2D eigenvalue weighted by atomic mass is 10.1. The molecule has 0 aliphatic rings. The number of carbonyl (C=O) groups excluding carboxylic acids is 1. The van der Waals surface area contributed by atoms with Gasteiger partial charge in [0.15, 0.2) is 0 Å². The van der Waals surface area contributed by atoms with Crippen LogP contribution < -0.4 is 0 Å². The van der Waals surface area contributed by atoms with Gasteiger partial charge in [-0.15, -0.1) is 0 Å². The van der Waals surface area contributed by atoms with Crippen molar-refractivity contribution in [3.63, 3.8) is 0 Å². The van der Waals surface area contributed by atoms with Crippen LogP contribution in [-0.2, 0) is 0 Å². The Morgan fingerprint density at radius 1 is 0.929 bits per heavy atom. The van der Waals surface area contributed by atoms with Crippen LogP contribution in [0.3, 0.4) is 0 Å². The Labute approximate surface area is 79.0 Å². The summed E-state index contributed by atoms with van der Waals surface area (Å²) in [5, 5.41) is 0.324. The Balaban J connectivity index is 2.86. The van der Waals surface area contributed by atoms with E-state index in [4.69, 9.17) is 0 Å². The summed E-state index contributed by atoms with van der Waals surface area (Å²) in [6.07, 6.45) is 0.601. The zero-order valence-electron chi connectivity index (χ0n) is 7.13. The molecule has 2 rings (SSSR count). The van der Waals surface area contributed by atoms with Crippen molar-refractivity contribution < 1.29 is 13.6 Å². The van der Waals surface area contributed by atoms with Crippen LogP contribution in [0.2, 0.25) is 0 Å². The fourth-order valence-electron chi connectivity index (χ4n) is 1.37. The lowest BCUT2D eigenvalue weighted by Gasteiger charge is -2.01. The van der Waals surface area contributed by atoms with Crippen LogP contribution in [0, 0.1) is 11.6 Å². The lowest BCUT2D eigenvalue weighted by Crippen LogP contribution is -1.87. The third kappa shape index (κ3) is 1.27. The molecule has 0 saturated heterocycles. The lowest BCUT2D eigenvalue weighted by molar-refractivity contribution is 0.112. The monoisotopic (exact) mass is 192 g/mol. The molecule has 2 aromatic carbocycles. The highest BCUT2D eigenvalue weighted by Gasteiger charge is 2.05. The molecule has 0 amide bonds. The Hall–Kier alpha value is -1.77. The van der Waals surface area contributed by atoms with Crippen molar-refractivity contribution in [1.82, 2.24) is 0 Å². The second-order valence-electron chi connectivity index (χ2n) is 2.95.